The topological polar surface area (TPSA) is 76.1 Å². The predicted molar refractivity (Wildman–Crippen MR) is 74.3 cm³/mol. The molecule has 0 aromatic carbocycles. The molecule has 0 saturated heterocycles. The molecule has 0 bridgehead atoms. The smallest absolute Gasteiger partial charge is 0.226 e. The Balaban J connectivity index is 2.42. The lowest BCUT2D eigenvalue weighted by atomic mass is 10.4. The molecule has 0 aliphatic carbocycles. The normalized spacial score (nSPS) is 10.1. The van der Waals surface area contributed by atoms with Gasteiger partial charge >= 0.3 is 0 Å². The lowest BCUT2D eigenvalue weighted by Crippen LogP contribution is -2.26. The first-order valence-corrected chi connectivity index (χ1v) is 6.64. The molecule has 1 aromatic heterocycles. The van der Waals surface area contributed by atoms with Crippen LogP contribution in [0.25, 0.3) is 0 Å². The van der Waals surface area contributed by atoms with Gasteiger partial charge in [0, 0.05) is 31.3 Å². The molecule has 0 radical (unpaired) electrons. The van der Waals surface area contributed by atoms with Crippen LogP contribution in [0.2, 0.25) is 0 Å². The van der Waals surface area contributed by atoms with Crippen molar-refractivity contribution in [3.63, 3.8) is 0 Å². The highest BCUT2D eigenvalue weighted by atomic mass is 16.5. The second-order valence-corrected chi connectivity index (χ2v) is 4.13. The van der Waals surface area contributed by atoms with Gasteiger partial charge in [-0.05, 0) is 20.3 Å². The molecule has 1 amide bonds. The minimum absolute atomic E-state index is 0.0343. The lowest BCUT2D eigenvalue weighted by Gasteiger charge is -2.08. The Morgan fingerprint density at radius 2 is 2.11 bits per heavy atom. The second-order valence-electron chi connectivity index (χ2n) is 4.13. The van der Waals surface area contributed by atoms with Crippen molar-refractivity contribution < 1.29 is 9.53 Å². The van der Waals surface area contributed by atoms with Gasteiger partial charge in [0.05, 0.1) is 6.61 Å². The van der Waals surface area contributed by atoms with Gasteiger partial charge in [-0.15, -0.1) is 0 Å². The van der Waals surface area contributed by atoms with E-state index in [1.807, 2.05) is 20.8 Å². The van der Waals surface area contributed by atoms with Crippen molar-refractivity contribution in [2.45, 2.75) is 33.6 Å². The summed E-state index contributed by atoms with van der Waals surface area (Å²) in [4.78, 5) is 19.9. The number of hydrogen-bond donors (Lipinski definition) is 2. The van der Waals surface area contributed by atoms with Crippen LogP contribution in [0.3, 0.4) is 0 Å². The van der Waals surface area contributed by atoms with Crippen LogP contribution >= 0.6 is 0 Å². The number of aromatic nitrogens is 2. The van der Waals surface area contributed by atoms with Gasteiger partial charge in [0.1, 0.15) is 0 Å². The maximum absolute atomic E-state index is 11.4. The third-order valence-electron chi connectivity index (χ3n) is 2.33. The van der Waals surface area contributed by atoms with Crippen molar-refractivity contribution in [3.8, 4) is 5.88 Å². The molecule has 6 heteroatoms. The molecule has 2 N–H and O–H groups in total. The molecule has 19 heavy (non-hydrogen) atoms. The Kier molecular flexibility index (Phi) is 6.63. The summed E-state index contributed by atoms with van der Waals surface area (Å²) in [5, 5.41) is 5.85. The van der Waals surface area contributed by atoms with Crippen LogP contribution in [-0.4, -0.2) is 35.6 Å². The van der Waals surface area contributed by atoms with Crippen LogP contribution in [0.5, 0.6) is 5.88 Å². The van der Waals surface area contributed by atoms with E-state index in [4.69, 9.17) is 4.74 Å². The van der Waals surface area contributed by atoms with Crippen LogP contribution < -0.4 is 15.4 Å². The fraction of sp³-hybridized carbons (Fsp3) is 0.615. The number of nitrogens with zero attached hydrogens (tertiary/aromatic N) is 2. The zero-order chi connectivity index (χ0) is 14.1. The van der Waals surface area contributed by atoms with Crippen molar-refractivity contribution in [2.24, 2.45) is 0 Å². The monoisotopic (exact) mass is 266 g/mol. The fourth-order valence-corrected chi connectivity index (χ4v) is 1.48. The van der Waals surface area contributed by atoms with E-state index in [-0.39, 0.29) is 5.91 Å². The van der Waals surface area contributed by atoms with Gasteiger partial charge in [-0.3, -0.25) is 4.79 Å². The molecule has 6 nitrogen and oxygen atoms in total. The summed E-state index contributed by atoms with van der Waals surface area (Å²) in [6, 6.07) is 1.78. The summed E-state index contributed by atoms with van der Waals surface area (Å²) < 4.78 is 5.34. The minimum Gasteiger partial charge on any atom is -0.478 e. The first-order chi connectivity index (χ1) is 9.15. The number of rotatable bonds is 8. The number of nitrogens with one attached hydrogen (secondary N) is 2. The summed E-state index contributed by atoms with van der Waals surface area (Å²) in [5.74, 6) is 1.08. The lowest BCUT2D eigenvalue weighted by molar-refractivity contribution is -0.120. The largest absolute Gasteiger partial charge is 0.478 e. The van der Waals surface area contributed by atoms with Gasteiger partial charge in [-0.2, -0.15) is 4.98 Å². The second kappa shape index (κ2) is 8.29. The van der Waals surface area contributed by atoms with E-state index < -0.39 is 0 Å². The van der Waals surface area contributed by atoms with Gasteiger partial charge in [0.25, 0.3) is 0 Å². The Hall–Kier alpha value is -1.85. The number of amides is 1. The number of ether oxygens (including phenoxy) is 1. The van der Waals surface area contributed by atoms with Gasteiger partial charge in [0.15, 0.2) is 0 Å². The van der Waals surface area contributed by atoms with E-state index in [1.54, 1.807) is 6.07 Å². The molecule has 1 heterocycles. The summed E-state index contributed by atoms with van der Waals surface area (Å²) in [6.45, 7) is 7.59. The number of anilines is 1. The number of carbonyl (C=O) groups is 1. The highest BCUT2D eigenvalue weighted by Gasteiger charge is 2.04. The molecule has 0 atom stereocenters. The van der Waals surface area contributed by atoms with E-state index in [1.165, 1.54) is 0 Å². The summed E-state index contributed by atoms with van der Waals surface area (Å²) in [7, 11) is 0. The van der Waals surface area contributed by atoms with Crippen LogP contribution in [-0.2, 0) is 4.79 Å². The highest BCUT2D eigenvalue weighted by molar-refractivity contribution is 5.76. The highest BCUT2D eigenvalue weighted by Crippen LogP contribution is 2.11. The third kappa shape index (κ3) is 6.03. The van der Waals surface area contributed by atoms with E-state index in [0.717, 1.165) is 12.1 Å². The van der Waals surface area contributed by atoms with Gasteiger partial charge in [0.2, 0.25) is 17.7 Å². The molecule has 1 aromatic rings. The molecule has 0 unspecified atom stereocenters. The average Bonchev–Trinajstić information content (AvgIpc) is 2.36. The maximum atomic E-state index is 11.4. The Labute approximate surface area is 114 Å². The quantitative estimate of drug-likeness (QED) is 0.746. The van der Waals surface area contributed by atoms with E-state index >= 15 is 0 Å². The van der Waals surface area contributed by atoms with E-state index in [9.17, 15) is 4.79 Å². The van der Waals surface area contributed by atoms with Crippen LogP contribution in [0.15, 0.2) is 6.07 Å². The zero-order valence-corrected chi connectivity index (χ0v) is 11.8. The molecule has 106 valence electrons. The molecule has 0 fully saturated rings. The van der Waals surface area contributed by atoms with Crippen molar-refractivity contribution in [2.75, 3.05) is 25.0 Å². The molecule has 0 aliphatic heterocycles. The van der Waals surface area contributed by atoms with Gasteiger partial charge in [-0.25, -0.2) is 4.98 Å². The summed E-state index contributed by atoms with van der Waals surface area (Å²) in [5.41, 5.74) is 0.830. The van der Waals surface area contributed by atoms with Crippen molar-refractivity contribution in [3.05, 3.63) is 11.8 Å². The summed E-state index contributed by atoms with van der Waals surface area (Å²) >= 11 is 0. The van der Waals surface area contributed by atoms with Crippen LogP contribution in [0.4, 0.5) is 5.95 Å². The first-order valence-electron chi connectivity index (χ1n) is 6.64. The van der Waals surface area contributed by atoms with Crippen LogP contribution in [0.1, 0.15) is 32.4 Å². The molecule has 0 spiro atoms. The number of hydrogen-bond acceptors (Lipinski definition) is 5. The standard InChI is InChI=1S/C13H22N4O2/c1-4-7-14-11(18)6-8-15-13-16-10(3)9-12(17-13)19-5-2/h9H,4-8H2,1-3H3,(H,14,18)(H,15,16,17). The van der Waals surface area contributed by atoms with Crippen molar-refractivity contribution >= 4 is 11.9 Å². The minimum atomic E-state index is 0.0343. The first kappa shape index (κ1) is 15.2. The van der Waals surface area contributed by atoms with Gasteiger partial charge in [-0.1, -0.05) is 6.92 Å². The molecular formula is C13H22N4O2. The molecular weight excluding hydrogens is 244 g/mol. The maximum Gasteiger partial charge on any atom is 0.226 e. The Morgan fingerprint density at radius 3 is 2.79 bits per heavy atom. The third-order valence-corrected chi connectivity index (χ3v) is 2.33. The van der Waals surface area contributed by atoms with E-state index in [0.29, 0.717) is 37.9 Å². The number of carbonyl (C=O) groups excluding carboxylic acids is 1. The van der Waals surface area contributed by atoms with Crippen LogP contribution in [0, 0.1) is 6.92 Å². The molecule has 0 aliphatic rings. The Morgan fingerprint density at radius 1 is 1.32 bits per heavy atom. The Bertz CT molecular complexity index is 410. The zero-order valence-electron chi connectivity index (χ0n) is 11.8. The predicted octanol–water partition coefficient (Wildman–Crippen LogP) is 1.51. The van der Waals surface area contributed by atoms with Crippen molar-refractivity contribution in [1.82, 2.24) is 15.3 Å². The summed E-state index contributed by atoms with van der Waals surface area (Å²) in [6.07, 6.45) is 1.35. The van der Waals surface area contributed by atoms with Crippen molar-refractivity contribution in [1.29, 1.82) is 0 Å². The number of aryl methyl sites for hydroxylation is 1. The molecule has 0 saturated carbocycles. The fourth-order valence-electron chi connectivity index (χ4n) is 1.48. The molecule has 1 rings (SSSR count). The SMILES string of the molecule is CCCNC(=O)CCNc1nc(C)cc(OCC)n1. The van der Waals surface area contributed by atoms with Gasteiger partial charge < -0.3 is 15.4 Å². The van der Waals surface area contributed by atoms with E-state index in [2.05, 4.69) is 20.6 Å². The average molecular weight is 266 g/mol.